The molecule has 3 rings (SSSR count). The van der Waals surface area contributed by atoms with Crippen LogP contribution in [0.3, 0.4) is 0 Å². The van der Waals surface area contributed by atoms with Gasteiger partial charge in [-0.1, -0.05) is 6.07 Å². The number of aliphatic imine (C=N–C) groups is 1. The predicted molar refractivity (Wildman–Crippen MR) is 99.5 cm³/mol. The van der Waals surface area contributed by atoms with Gasteiger partial charge in [-0.05, 0) is 54.7 Å². The number of benzene rings is 2. The van der Waals surface area contributed by atoms with Crippen LogP contribution in [0.5, 0.6) is 5.88 Å². The second kappa shape index (κ2) is 7.34. The largest absolute Gasteiger partial charge is 0.494 e. The van der Waals surface area contributed by atoms with E-state index in [-0.39, 0.29) is 21.6 Å². The number of hydrogen-bond donors (Lipinski definition) is 3. The van der Waals surface area contributed by atoms with Gasteiger partial charge in [0.05, 0.1) is 16.9 Å². The Morgan fingerprint density at radius 1 is 1.22 bits per heavy atom. The Kier molecular flexibility index (Phi) is 4.95. The van der Waals surface area contributed by atoms with Crippen LogP contribution in [0.2, 0.25) is 0 Å². The van der Waals surface area contributed by atoms with E-state index in [1.54, 1.807) is 6.07 Å². The number of carbonyl (C=O) groups is 1. The standard InChI is InChI=1S/C18H12FN3O4S/c19-11-4-6-13(7-5-11)22-16(24)14(15(23)21-18(22)27)9-20-12-3-1-2-10(8-12)17(25)26/h1-9,24H,(H,25,26)(H,21,23,27). The molecule has 0 saturated carbocycles. The summed E-state index contributed by atoms with van der Waals surface area (Å²) in [7, 11) is 0. The van der Waals surface area contributed by atoms with Crippen LogP contribution >= 0.6 is 12.2 Å². The first-order chi connectivity index (χ1) is 12.9. The van der Waals surface area contributed by atoms with Gasteiger partial charge in [-0.25, -0.2) is 9.18 Å². The molecule has 0 aliphatic rings. The minimum Gasteiger partial charge on any atom is -0.494 e. The maximum Gasteiger partial charge on any atom is 0.335 e. The average molecular weight is 385 g/mol. The fourth-order valence-electron chi connectivity index (χ4n) is 2.34. The molecule has 0 unspecified atom stereocenters. The highest BCUT2D eigenvalue weighted by Crippen LogP contribution is 2.20. The van der Waals surface area contributed by atoms with Gasteiger partial charge in [0.15, 0.2) is 4.77 Å². The van der Waals surface area contributed by atoms with Crippen LogP contribution in [0.15, 0.2) is 58.3 Å². The Morgan fingerprint density at radius 3 is 2.59 bits per heavy atom. The van der Waals surface area contributed by atoms with E-state index in [1.807, 2.05) is 0 Å². The lowest BCUT2D eigenvalue weighted by Gasteiger charge is -2.11. The van der Waals surface area contributed by atoms with E-state index in [0.29, 0.717) is 5.69 Å². The molecule has 3 N–H and O–H groups in total. The van der Waals surface area contributed by atoms with Gasteiger partial charge in [-0.3, -0.25) is 19.3 Å². The van der Waals surface area contributed by atoms with Crippen molar-refractivity contribution >= 4 is 30.1 Å². The zero-order valence-electron chi connectivity index (χ0n) is 13.6. The molecule has 0 aliphatic heterocycles. The molecule has 0 fully saturated rings. The van der Waals surface area contributed by atoms with E-state index in [0.717, 1.165) is 10.8 Å². The normalized spacial score (nSPS) is 11.0. The van der Waals surface area contributed by atoms with E-state index in [4.69, 9.17) is 17.3 Å². The van der Waals surface area contributed by atoms with Crippen LogP contribution in [0.1, 0.15) is 15.9 Å². The third-order valence-electron chi connectivity index (χ3n) is 3.64. The molecular formula is C18H12FN3O4S. The molecule has 7 nitrogen and oxygen atoms in total. The number of carboxylic acid groups (broad SMARTS) is 1. The van der Waals surface area contributed by atoms with Crippen molar-refractivity contribution in [3.63, 3.8) is 0 Å². The zero-order valence-corrected chi connectivity index (χ0v) is 14.4. The SMILES string of the molecule is O=C(O)c1cccc(N=Cc2c(O)n(-c3ccc(F)cc3)c(=S)[nH]c2=O)c1. The summed E-state index contributed by atoms with van der Waals surface area (Å²) in [6.45, 7) is 0. The third-order valence-corrected chi connectivity index (χ3v) is 3.93. The fourth-order valence-corrected chi connectivity index (χ4v) is 2.63. The quantitative estimate of drug-likeness (QED) is 0.472. The van der Waals surface area contributed by atoms with Crippen LogP contribution in [-0.4, -0.2) is 31.9 Å². The molecule has 9 heteroatoms. The Hall–Kier alpha value is -3.59. The lowest BCUT2D eigenvalue weighted by Crippen LogP contribution is -2.18. The predicted octanol–water partition coefficient (Wildman–Crippen LogP) is 3.19. The van der Waals surface area contributed by atoms with Gasteiger partial charge in [0, 0.05) is 6.21 Å². The minimum atomic E-state index is -1.11. The summed E-state index contributed by atoms with van der Waals surface area (Å²) in [5.41, 5.74) is -0.199. The maximum absolute atomic E-state index is 13.1. The Balaban J connectivity index is 2.09. The van der Waals surface area contributed by atoms with Crippen LogP contribution in [-0.2, 0) is 0 Å². The second-order valence-electron chi connectivity index (χ2n) is 5.42. The van der Waals surface area contributed by atoms with Gasteiger partial charge in [-0.15, -0.1) is 0 Å². The zero-order chi connectivity index (χ0) is 19.6. The highest BCUT2D eigenvalue weighted by atomic mass is 32.1. The molecule has 0 spiro atoms. The molecule has 27 heavy (non-hydrogen) atoms. The average Bonchev–Trinajstić information content (AvgIpc) is 2.63. The van der Waals surface area contributed by atoms with Gasteiger partial charge in [0.1, 0.15) is 11.4 Å². The summed E-state index contributed by atoms with van der Waals surface area (Å²) in [5, 5.41) is 19.5. The smallest absolute Gasteiger partial charge is 0.335 e. The van der Waals surface area contributed by atoms with Crippen molar-refractivity contribution in [1.82, 2.24) is 9.55 Å². The monoisotopic (exact) mass is 385 g/mol. The molecule has 3 aromatic rings. The summed E-state index contributed by atoms with van der Waals surface area (Å²) in [4.78, 5) is 29.6. The van der Waals surface area contributed by atoms with Crippen LogP contribution < -0.4 is 5.56 Å². The Morgan fingerprint density at radius 2 is 1.93 bits per heavy atom. The number of hydrogen-bond acceptors (Lipinski definition) is 5. The van der Waals surface area contributed by atoms with Gasteiger partial charge in [0.25, 0.3) is 5.56 Å². The number of H-pyrrole nitrogens is 1. The summed E-state index contributed by atoms with van der Waals surface area (Å²) < 4.78 is 14.2. The molecule has 0 aliphatic carbocycles. The van der Waals surface area contributed by atoms with Crippen molar-refractivity contribution < 1.29 is 19.4 Å². The Labute approximate surface area is 156 Å². The number of carboxylic acids is 1. The van der Waals surface area contributed by atoms with Crippen molar-refractivity contribution in [2.75, 3.05) is 0 Å². The number of aromatic carboxylic acids is 1. The molecule has 136 valence electrons. The van der Waals surface area contributed by atoms with Crippen molar-refractivity contribution in [2.24, 2.45) is 4.99 Å². The lowest BCUT2D eigenvalue weighted by atomic mass is 10.2. The molecule has 0 amide bonds. The van der Waals surface area contributed by atoms with Gasteiger partial charge in [0.2, 0.25) is 5.88 Å². The summed E-state index contributed by atoms with van der Waals surface area (Å²) in [6, 6.07) is 10.9. The number of aromatic nitrogens is 2. The lowest BCUT2D eigenvalue weighted by molar-refractivity contribution is 0.0697. The molecule has 1 heterocycles. The topological polar surface area (TPSA) is 108 Å². The highest BCUT2D eigenvalue weighted by molar-refractivity contribution is 7.71. The second-order valence-corrected chi connectivity index (χ2v) is 5.81. The van der Waals surface area contributed by atoms with Crippen molar-refractivity contribution in [3.8, 4) is 11.6 Å². The molecule has 0 radical (unpaired) electrons. The van der Waals surface area contributed by atoms with E-state index >= 15 is 0 Å². The van der Waals surface area contributed by atoms with E-state index in [2.05, 4.69) is 9.98 Å². The highest BCUT2D eigenvalue weighted by Gasteiger charge is 2.13. The number of halogens is 1. The van der Waals surface area contributed by atoms with Gasteiger partial charge in [-0.2, -0.15) is 0 Å². The number of aromatic amines is 1. The molecular weight excluding hydrogens is 373 g/mol. The number of aromatic hydroxyl groups is 1. The maximum atomic E-state index is 13.1. The first-order valence-electron chi connectivity index (χ1n) is 7.58. The van der Waals surface area contributed by atoms with E-state index in [9.17, 15) is 19.1 Å². The minimum absolute atomic E-state index is 0.0325. The van der Waals surface area contributed by atoms with Crippen LogP contribution in [0.4, 0.5) is 10.1 Å². The van der Waals surface area contributed by atoms with Crippen molar-refractivity contribution in [2.45, 2.75) is 0 Å². The molecule has 0 atom stereocenters. The van der Waals surface area contributed by atoms with E-state index < -0.39 is 23.2 Å². The Bertz CT molecular complexity index is 1170. The fraction of sp³-hybridized carbons (Fsp3) is 0. The number of nitrogens with one attached hydrogen (secondary N) is 1. The van der Waals surface area contributed by atoms with Crippen LogP contribution in [0, 0.1) is 10.6 Å². The molecule has 0 bridgehead atoms. The van der Waals surface area contributed by atoms with Gasteiger partial charge < -0.3 is 10.2 Å². The van der Waals surface area contributed by atoms with Crippen molar-refractivity contribution in [3.05, 3.63) is 80.6 Å². The van der Waals surface area contributed by atoms with Crippen LogP contribution in [0.25, 0.3) is 5.69 Å². The molecule has 0 saturated heterocycles. The van der Waals surface area contributed by atoms with Crippen molar-refractivity contribution in [1.29, 1.82) is 0 Å². The number of rotatable bonds is 4. The summed E-state index contributed by atoms with van der Waals surface area (Å²) in [5.74, 6) is -2.06. The summed E-state index contributed by atoms with van der Waals surface area (Å²) >= 11 is 5.07. The third kappa shape index (κ3) is 3.82. The van der Waals surface area contributed by atoms with Gasteiger partial charge >= 0.3 is 5.97 Å². The molecule has 1 aromatic heterocycles. The van der Waals surface area contributed by atoms with E-state index in [1.165, 1.54) is 42.5 Å². The summed E-state index contributed by atoms with van der Waals surface area (Å²) in [6.07, 6.45) is 1.10. The molecule has 2 aromatic carbocycles. The number of nitrogens with zero attached hydrogens (tertiary/aromatic N) is 2. The first kappa shape index (κ1) is 18.2. The first-order valence-corrected chi connectivity index (χ1v) is 7.99.